The molecule has 2 aromatic rings. The quantitative estimate of drug-likeness (QED) is 0.758. The molecule has 1 heterocycles. The van der Waals surface area contributed by atoms with E-state index in [1.165, 1.54) is 47.0 Å². The summed E-state index contributed by atoms with van der Waals surface area (Å²) in [5, 5.41) is 13.8. The van der Waals surface area contributed by atoms with Gasteiger partial charge in [-0.05, 0) is 56.8 Å². The number of benzene rings is 1. The Labute approximate surface area is 126 Å². The van der Waals surface area contributed by atoms with Crippen molar-refractivity contribution < 1.29 is 5.11 Å². The lowest BCUT2D eigenvalue weighted by atomic mass is 9.91. The highest BCUT2D eigenvalue weighted by Crippen LogP contribution is 2.34. The molecular formula is C16H23ClN2O. The van der Waals surface area contributed by atoms with Crippen molar-refractivity contribution in [2.45, 2.75) is 38.6 Å². The molecule has 20 heavy (non-hydrogen) atoms. The predicted octanol–water partition coefficient (Wildman–Crippen LogP) is 3.25. The maximum atomic E-state index is 8.89. The Balaban J connectivity index is 0.00000147. The van der Waals surface area contributed by atoms with Crippen molar-refractivity contribution in [3.63, 3.8) is 0 Å². The standard InChI is InChI=1S/C16H22N2O.ClH/c1-11-6-7-14-13(10-11)12-4-2-5-15(16(12)18-14)17-8-3-9-19;/h6-7,10,15,17-19H,2-5,8-9H2,1H3;1H. The van der Waals surface area contributed by atoms with Gasteiger partial charge in [0, 0.05) is 29.2 Å². The molecule has 0 saturated carbocycles. The van der Waals surface area contributed by atoms with Gasteiger partial charge in [0.1, 0.15) is 0 Å². The minimum absolute atomic E-state index is 0. The number of halogens is 1. The van der Waals surface area contributed by atoms with Crippen molar-refractivity contribution in [3.05, 3.63) is 35.0 Å². The Bertz CT molecular complexity index is 579. The lowest BCUT2D eigenvalue weighted by Crippen LogP contribution is -2.26. The zero-order chi connectivity index (χ0) is 13.2. The van der Waals surface area contributed by atoms with Crippen LogP contribution in [0.2, 0.25) is 0 Å². The third kappa shape index (κ3) is 2.85. The Morgan fingerprint density at radius 1 is 1.40 bits per heavy atom. The summed E-state index contributed by atoms with van der Waals surface area (Å²) in [6, 6.07) is 7.07. The van der Waals surface area contributed by atoms with Crippen LogP contribution in [-0.4, -0.2) is 23.2 Å². The minimum atomic E-state index is 0. The average molecular weight is 295 g/mol. The third-order valence-electron chi connectivity index (χ3n) is 4.09. The van der Waals surface area contributed by atoms with Crippen molar-refractivity contribution >= 4 is 23.3 Å². The smallest absolute Gasteiger partial charge is 0.0476 e. The molecule has 1 aromatic heterocycles. The van der Waals surface area contributed by atoms with E-state index in [0.717, 1.165) is 13.0 Å². The Morgan fingerprint density at radius 3 is 3.05 bits per heavy atom. The number of aromatic nitrogens is 1. The summed E-state index contributed by atoms with van der Waals surface area (Å²) in [7, 11) is 0. The van der Waals surface area contributed by atoms with Crippen LogP contribution in [0.1, 0.15) is 42.1 Å². The molecule has 0 aliphatic heterocycles. The minimum Gasteiger partial charge on any atom is -0.396 e. The van der Waals surface area contributed by atoms with Gasteiger partial charge in [-0.1, -0.05) is 11.6 Å². The first-order chi connectivity index (χ1) is 9.29. The second-order valence-corrected chi connectivity index (χ2v) is 5.54. The van der Waals surface area contributed by atoms with E-state index >= 15 is 0 Å². The fourth-order valence-electron chi connectivity index (χ4n) is 3.14. The largest absolute Gasteiger partial charge is 0.396 e. The molecule has 1 unspecified atom stereocenters. The maximum Gasteiger partial charge on any atom is 0.0476 e. The van der Waals surface area contributed by atoms with Crippen LogP contribution in [0.4, 0.5) is 0 Å². The molecule has 1 aromatic carbocycles. The number of fused-ring (bicyclic) bond motifs is 3. The van der Waals surface area contributed by atoms with Crippen LogP contribution in [0.15, 0.2) is 18.2 Å². The van der Waals surface area contributed by atoms with Gasteiger partial charge in [-0.3, -0.25) is 0 Å². The predicted molar refractivity (Wildman–Crippen MR) is 85.7 cm³/mol. The van der Waals surface area contributed by atoms with Gasteiger partial charge in [0.25, 0.3) is 0 Å². The number of aliphatic hydroxyl groups is 1. The van der Waals surface area contributed by atoms with Crippen molar-refractivity contribution in [2.24, 2.45) is 0 Å². The lowest BCUT2D eigenvalue weighted by molar-refractivity contribution is 0.281. The maximum absolute atomic E-state index is 8.89. The average Bonchev–Trinajstić information content (AvgIpc) is 2.78. The molecule has 0 fully saturated rings. The van der Waals surface area contributed by atoms with Crippen LogP contribution in [0, 0.1) is 6.92 Å². The molecule has 1 aliphatic rings. The van der Waals surface area contributed by atoms with E-state index in [2.05, 4.69) is 35.4 Å². The van der Waals surface area contributed by atoms with E-state index in [1.807, 2.05) is 0 Å². The number of hydrogen-bond donors (Lipinski definition) is 3. The Morgan fingerprint density at radius 2 is 2.25 bits per heavy atom. The highest BCUT2D eigenvalue weighted by molar-refractivity contribution is 5.86. The second kappa shape index (κ2) is 6.61. The third-order valence-corrected chi connectivity index (χ3v) is 4.09. The lowest BCUT2D eigenvalue weighted by Gasteiger charge is -2.23. The molecule has 0 spiro atoms. The molecule has 1 aliphatic carbocycles. The van der Waals surface area contributed by atoms with E-state index < -0.39 is 0 Å². The van der Waals surface area contributed by atoms with Gasteiger partial charge in [0.05, 0.1) is 0 Å². The van der Waals surface area contributed by atoms with Crippen molar-refractivity contribution in [1.82, 2.24) is 10.3 Å². The molecule has 0 amide bonds. The fourth-order valence-corrected chi connectivity index (χ4v) is 3.14. The number of hydrogen-bond acceptors (Lipinski definition) is 2. The van der Waals surface area contributed by atoms with Gasteiger partial charge < -0.3 is 15.4 Å². The summed E-state index contributed by atoms with van der Waals surface area (Å²) in [5.41, 5.74) is 5.44. The number of aliphatic hydroxyl groups excluding tert-OH is 1. The van der Waals surface area contributed by atoms with Crippen LogP contribution < -0.4 is 5.32 Å². The summed E-state index contributed by atoms with van der Waals surface area (Å²) in [5.74, 6) is 0. The van der Waals surface area contributed by atoms with Crippen LogP contribution in [0.25, 0.3) is 10.9 Å². The molecule has 4 heteroatoms. The molecule has 0 radical (unpaired) electrons. The van der Waals surface area contributed by atoms with E-state index in [1.54, 1.807) is 0 Å². The first-order valence-corrected chi connectivity index (χ1v) is 7.25. The summed E-state index contributed by atoms with van der Waals surface area (Å²) in [6.45, 7) is 3.30. The topological polar surface area (TPSA) is 48.0 Å². The van der Waals surface area contributed by atoms with Gasteiger partial charge in [-0.15, -0.1) is 12.4 Å². The number of aryl methyl sites for hydroxylation is 2. The zero-order valence-corrected chi connectivity index (χ0v) is 12.7. The summed E-state index contributed by atoms with van der Waals surface area (Å²) in [6.07, 6.45) is 4.43. The number of H-pyrrole nitrogens is 1. The molecular weight excluding hydrogens is 272 g/mol. The summed E-state index contributed by atoms with van der Waals surface area (Å²) in [4.78, 5) is 3.60. The van der Waals surface area contributed by atoms with Crippen molar-refractivity contribution in [2.75, 3.05) is 13.2 Å². The van der Waals surface area contributed by atoms with E-state index in [0.29, 0.717) is 6.04 Å². The van der Waals surface area contributed by atoms with Crippen LogP contribution in [0.5, 0.6) is 0 Å². The number of rotatable bonds is 4. The SMILES string of the molecule is Cc1ccc2[nH]c3c(c2c1)CCCC3NCCCO.Cl. The van der Waals surface area contributed by atoms with Gasteiger partial charge in [-0.25, -0.2) is 0 Å². The van der Waals surface area contributed by atoms with Gasteiger partial charge in [-0.2, -0.15) is 0 Å². The van der Waals surface area contributed by atoms with Crippen LogP contribution in [0.3, 0.4) is 0 Å². The van der Waals surface area contributed by atoms with E-state index in [4.69, 9.17) is 5.11 Å². The first kappa shape index (κ1) is 15.4. The first-order valence-electron chi connectivity index (χ1n) is 7.25. The Kier molecular flexibility index (Phi) is 5.08. The van der Waals surface area contributed by atoms with Crippen molar-refractivity contribution in [1.29, 1.82) is 0 Å². The molecule has 3 N–H and O–H groups in total. The molecule has 0 bridgehead atoms. The van der Waals surface area contributed by atoms with Crippen LogP contribution in [-0.2, 0) is 6.42 Å². The van der Waals surface area contributed by atoms with Crippen LogP contribution >= 0.6 is 12.4 Å². The number of nitrogens with one attached hydrogen (secondary N) is 2. The fraction of sp³-hybridized carbons (Fsp3) is 0.500. The highest BCUT2D eigenvalue weighted by atomic mass is 35.5. The summed E-state index contributed by atoms with van der Waals surface area (Å²) < 4.78 is 0. The Hall–Kier alpha value is -1.03. The second-order valence-electron chi connectivity index (χ2n) is 5.54. The highest BCUT2D eigenvalue weighted by Gasteiger charge is 2.23. The molecule has 1 atom stereocenters. The normalized spacial score (nSPS) is 17.8. The van der Waals surface area contributed by atoms with Crippen molar-refractivity contribution in [3.8, 4) is 0 Å². The number of aromatic amines is 1. The van der Waals surface area contributed by atoms with Gasteiger partial charge in [0.15, 0.2) is 0 Å². The monoisotopic (exact) mass is 294 g/mol. The van der Waals surface area contributed by atoms with E-state index in [9.17, 15) is 0 Å². The van der Waals surface area contributed by atoms with E-state index in [-0.39, 0.29) is 19.0 Å². The summed E-state index contributed by atoms with van der Waals surface area (Å²) >= 11 is 0. The van der Waals surface area contributed by atoms with Gasteiger partial charge >= 0.3 is 0 Å². The zero-order valence-electron chi connectivity index (χ0n) is 11.9. The molecule has 3 nitrogen and oxygen atoms in total. The molecule has 110 valence electrons. The molecule has 0 saturated heterocycles. The van der Waals surface area contributed by atoms with Gasteiger partial charge in [0.2, 0.25) is 0 Å². The molecule has 3 rings (SSSR count).